The van der Waals surface area contributed by atoms with Crippen molar-refractivity contribution in [2.75, 3.05) is 20.8 Å². The highest BCUT2D eigenvalue weighted by Crippen LogP contribution is 2.13. The molecule has 0 unspecified atom stereocenters. The van der Waals surface area contributed by atoms with Gasteiger partial charge in [-0.25, -0.2) is 4.79 Å². The summed E-state index contributed by atoms with van der Waals surface area (Å²) in [5, 5.41) is 0. The summed E-state index contributed by atoms with van der Waals surface area (Å²) in [5.41, 5.74) is -0.500. The zero-order valence-corrected chi connectivity index (χ0v) is 11.9. The van der Waals surface area contributed by atoms with E-state index in [2.05, 4.69) is 0 Å². The number of nitrogens with zero attached hydrogens (tertiary/aromatic N) is 1. The molecular formula is C12H25NO4. The molecule has 0 aliphatic carbocycles. The van der Waals surface area contributed by atoms with Crippen LogP contribution in [0, 0.1) is 0 Å². The van der Waals surface area contributed by atoms with E-state index in [1.165, 1.54) is 0 Å². The molecule has 0 rings (SSSR count). The van der Waals surface area contributed by atoms with Crippen LogP contribution in [-0.2, 0) is 14.2 Å². The third kappa shape index (κ3) is 6.48. The first kappa shape index (κ1) is 16.2. The van der Waals surface area contributed by atoms with E-state index in [0.717, 1.165) is 0 Å². The van der Waals surface area contributed by atoms with Crippen molar-refractivity contribution in [3.63, 3.8) is 0 Å². The van der Waals surface area contributed by atoms with E-state index in [1.54, 1.807) is 19.1 Å². The molecule has 1 amide bonds. The van der Waals surface area contributed by atoms with Crippen LogP contribution in [0.5, 0.6) is 0 Å². The topological polar surface area (TPSA) is 48.0 Å². The minimum absolute atomic E-state index is 0.0256. The van der Waals surface area contributed by atoms with Gasteiger partial charge in [0.25, 0.3) is 0 Å². The second kappa shape index (κ2) is 6.81. The normalized spacial score (nSPS) is 12.1. The fourth-order valence-electron chi connectivity index (χ4n) is 1.22. The van der Waals surface area contributed by atoms with Gasteiger partial charge < -0.3 is 19.1 Å². The van der Waals surface area contributed by atoms with Crippen LogP contribution >= 0.6 is 0 Å². The maximum atomic E-state index is 12.0. The molecule has 0 heterocycles. The maximum Gasteiger partial charge on any atom is 0.410 e. The summed E-state index contributed by atoms with van der Waals surface area (Å²) in [6.07, 6.45) is -0.795. The molecule has 0 bridgehead atoms. The Morgan fingerprint density at radius 2 is 1.65 bits per heavy atom. The molecule has 0 atom stereocenters. The SMILES string of the molecule is COC(CN(C(=O)OC(C)(C)C)C(C)C)OC. The maximum absolute atomic E-state index is 12.0. The minimum Gasteiger partial charge on any atom is -0.444 e. The molecule has 0 aliphatic rings. The summed E-state index contributed by atoms with van der Waals surface area (Å²) in [4.78, 5) is 13.5. The van der Waals surface area contributed by atoms with E-state index < -0.39 is 11.9 Å². The highest BCUT2D eigenvalue weighted by atomic mass is 16.7. The fourth-order valence-corrected chi connectivity index (χ4v) is 1.22. The largest absolute Gasteiger partial charge is 0.444 e. The summed E-state index contributed by atoms with van der Waals surface area (Å²) in [6, 6.07) is 0.0256. The summed E-state index contributed by atoms with van der Waals surface area (Å²) in [6.45, 7) is 9.72. The van der Waals surface area contributed by atoms with Crippen LogP contribution in [0.3, 0.4) is 0 Å². The van der Waals surface area contributed by atoms with Crippen molar-refractivity contribution < 1.29 is 19.0 Å². The number of amides is 1. The van der Waals surface area contributed by atoms with Gasteiger partial charge in [0.05, 0.1) is 6.54 Å². The molecule has 5 nitrogen and oxygen atoms in total. The summed E-state index contributed by atoms with van der Waals surface area (Å²) < 4.78 is 15.5. The molecule has 0 aromatic carbocycles. The lowest BCUT2D eigenvalue weighted by molar-refractivity contribution is -0.118. The van der Waals surface area contributed by atoms with Crippen molar-refractivity contribution in [3.8, 4) is 0 Å². The van der Waals surface area contributed by atoms with Gasteiger partial charge in [0.1, 0.15) is 5.60 Å². The molecule has 0 fully saturated rings. The van der Waals surface area contributed by atoms with Crippen molar-refractivity contribution in [1.82, 2.24) is 4.90 Å². The second-order valence-electron chi connectivity index (χ2n) is 5.13. The smallest absolute Gasteiger partial charge is 0.410 e. The standard InChI is InChI=1S/C12H25NO4/c1-9(2)13(8-10(15-6)16-7)11(14)17-12(3,4)5/h9-10H,8H2,1-7H3. The van der Waals surface area contributed by atoms with E-state index in [9.17, 15) is 4.79 Å². The molecule has 0 aromatic rings. The van der Waals surface area contributed by atoms with Crippen molar-refractivity contribution in [3.05, 3.63) is 0 Å². The van der Waals surface area contributed by atoms with Crippen molar-refractivity contribution in [1.29, 1.82) is 0 Å². The Morgan fingerprint density at radius 3 is 1.94 bits per heavy atom. The summed E-state index contributed by atoms with van der Waals surface area (Å²) >= 11 is 0. The Labute approximate surface area is 104 Å². The predicted molar refractivity (Wildman–Crippen MR) is 65.9 cm³/mol. The number of ether oxygens (including phenoxy) is 3. The third-order valence-electron chi connectivity index (χ3n) is 2.12. The average Bonchev–Trinajstić information content (AvgIpc) is 2.15. The van der Waals surface area contributed by atoms with Crippen LogP contribution in [0.15, 0.2) is 0 Å². The molecule has 0 aromatic heterocycles. The van der Waals surface area contributed by atoms with Gasteiger partial charge in [-0.1, -0.05) is 0 Å². The van der Waals surface area contributed by atoms with Crippen LogP contribution in [0.25, 0.3) is 0 Å². The van der Waals surface area contributed by atoms with Gasteiger partial charge in [-0.05, 0) is 34.6 Å². The van der Waals surface area contributed by atoms with Crippen molar-refractivity contribution in [2.45, 2.75) is 52.6 Å². The van der Waals surface area contributed by atoms with Crippen LogP contribution in [-0.4, -0.2) is 49.7 Å². The van der Waals surface area contributed by atoms with Crippen molar-refractivity contribution >= 4 is 6.09 Å². The fraction of sp³-hybridized carbons (Fsp3) is 0.917. The van der Waals surface area contributed by atoms with Gasteiger partial charge in [-0.2, -0.15) is 0 Å². The third-order valence-corrected chi connectivity index (χ3v) is 2.12. The van der Waals surface area contributed by atoms with Gasteiger partial charge in [-0.3, -0.25) is 0 Å². The number of hydrogen-bond acceptors (Lipinski definition) is 4. The number of carbonyl (C=O) groups is 1. The van der Waals surface area contributed by atoms with Gasteiger partial charge in [-0.15, -0.1) is 0 Å². The van der Waals surface area contributed by atoms with E-state index in [1.807, 2.05) is 34.6 Å². The van der Waals surface area contributed by atoms with Crippen LogP contribution in [0.4, 0.5) is 4.79 Å². The molecule has 0 aliphatic heterocycles. The Morgan fingerprint density at radius 1 is 1.18 bits per heavy atom. The second-order valence-corrected chi connectivity index (χ2v) is 5.13. The zero-order chi connectivity index (χ0) is 13.6. The first-order chi connectivity index (χ1) is 7.71. The van der Waals surface area contributed by atoms with Crippen LogP contribution < -0.4 is 0 Å². The molecule has 0 spiro atoms. The molecule has 102 valence electrons. The lowest BCUT2D eigenvalue weighted by atomic mass is 10.2. The Balaban J connectivity index is 4.57. The summed E-state index contributed by atoms with van der Waals surface area (Å²) in [7, 11) is 3.09. The average molecular weight is 247 g/mol. The van der Waals surface area contributed by atoms with Gasteiger partial charge >= 0.3 is 6.09 Å². The Hall–Kier alpha value is -0.810. The van der Waals surface area contributed by atoms with Crippen molar-refractivity contribution in [2.24, 2.45) is 0 Å². The first-order valence-corrected chi connectivity index (χ1v) is 5.76. The predicted octanol–water partition coefficient (Wildman–Crippen LogP) is 2.25. The van der Waals surface area contributed by atoms with E-state index in [-0.39, 0.29) is 12.1 Å². The van der Waals surface area contributed by atoms with Crippen LogP contribution in [0.1, 0.15) is 34.6 Å². The quantitative estimate of drug-likeness (QED) is 0.699. The summed E-state index contributed by atoms with van der Waals surface area (Å²) in [5.74, 6) is 0. The molecule has 0 saturated carbocycles. The minimum atomic E-state index is -0.500. The van der Waals surface area contributed by atoms with E-state index in [4.69, 9.17) is 14.2 Å². The molecule has 5 heteroatoms. The zero-order valence-electron chi connectivity index (χ0n) is 11.9. The van der Waals surface area contributed by atoms with E-state index in [0.29, 0.717) is 6.54 Å². The van der Waals surface area contributed by atoms with Crippen LogP contribution in [0.2, 0.25) is 0 Å². The van der Waals surface area contributed by atoms with Gasteiger partial charge in [0.2, 0.25) is 0 Å². The lowest BCUT2D eigenvalue weighted by Crippen LogP contribution is -2.45. The highest BCUT2D eigenvalue weighted by Gasteiger charge is 2.26. The monoisotopic (exact) mass is 247 g/mol. The highest BCUT2D eigenvalue weighted by molar-refractivity contribution is 5.68. The molecule has 17 heavy (non-hydrogen) atoms. The Kier molecular flexibility index (Phi) is 6.49. The molecule has 0 radical (unpaired) electrons. The molecular weight excluding hydrogens is 222 g/mol. The molecule has 0 saturated heterocycles. The number of hydrogen-bond donors (Lipinski definition) is 0. The molecule has 0 N–H and O–H groups in total. The van der Waals surface area contributed by atoms with Gasteiger partial charge in [0.15, 0.2) is 6.29 Å². The number of methoxy groups -OCH3 is 2. The van der Waals surface area contributed by atoms with Gasteiger partial charge in [0, 0.05) is 20.3 Å². The Bertz CT molecular complexity index is 231. The number of carbonyl (C=O) groups excluding carboxylic acids is 1. The number of rotatable bonds is 5. The van der Waals surface area contributed by atoms with E-state index >= 15 is 0 Å². The lowest BCUT2D eigenvalue weighted by Gasteiger charge is -2.31. The first-order valence-electron chi connectivity index (χ1n) is 5.76.